The van der Waals surface area contributed by atoms with Crippen LogP contribution in [0.15, 0.2) is 34.8 Å². The number of nitrogens with zero attached hydrogens (tertiary/aromatic N) is 2. The van der Waals surface area contributed by atoms with Crippen LogP contribution in [-0.2, 0) is 9.53 Å². The minimum absolute atomic E-state index is 0.0547. The number of aromatic amines is 1. The SMILES string of the molecule is COC(=O)N[C@H](C(=O)N1C(c2nc3c(ccc4cc(Br)ccc43)[nH]2)CC[C@@H]1C)C(C)C. The summed E-state index contributed by atoms with van der Waals surface area (Å²) in [5, 5.41) is 4.88. The highest BCUT2D eigenvalue weighted by molar-refractivity contribution is 9.10. The molecule has 1 saturated heterocycles. The van der Waals surface area contributed by atoms with Gasteiger partial charge in [0.1, 0.15) is 11.9 Å². The van der Waals surface area contributed by atoms with E-state index in [0.29, 0.717) is 0 Å². The second-order valence-corrected chi connectivity index (χ2v) is 9.41. The van der Waals surface area contributed by atoms with E-state index in [1.165, 1.54) is 7.11 Å². The van der Waals surface area contributed by atoms with E-state index in [0.717, 1.165) is 44.9 Å². The van der Waals surface area contributed by atoms with E-state index in [9.17, 15) is 9.59 Å². The average molecular weight is 487 g/mol. The van der Waals surface area contributed by atoms with Gasteiger partial charge in [-0.05, 0) is 49.3 Å². The Bertz CT molecular complexity index is 1140. The third-order valence-electron chi connectivity index (χ3n) is 6.08. The van der Waals surface area contributed by atoms with Crippen LogP contribution in [0, 0.1) is 5.92 Å². The summed E-state index contributed by atoms with van der Waals surface area (Å²) in [7, 11) is 1.30. The van der Waals surface area contributed by atoms with Crippen LogP contribution in [0.3, 0.4) is 0 Å². The number of H-pyrrole nitrogens is 1. The van der Waals surface area contributed by atoms with Crippen LogP contribution in [0.1, 0.15) is 45.5 Å². The van der Waals surface area contributed by atoms with Crippen LogP contribution in [0.25, 0.3) is 21.8 Å². The molecule has 0 bridgehead atoms. The number of carbonyl (C=O) groups is 2. The maximum absolute atomic E-state index is 13.5. The standard InChI is InChI=1S/C23H27BrN4O3/c1-12(2)19(27-23(30)31-4)22(29)28-13(3)5-10-18(28)21-25-17-9-6-14-11-15(24)7-8-16(14)20(17)26-21/h6-9,11-13,18-19H,5,10H2,1-4H3,(H,25,26)(H,27,30)/t13-,18?,19-/m0/s1. The summed E-state index contributed by atoms with van der Waals surface area (Å²) in [5.41, 5.74) is 1.85. The zero-order valence-electron chi connectivity index (χ0n) is 18.1. The van der Waals surface area contributed by atoms with Crippen molar-refractivity contribution in [1.29, 1.82) is 0 Å². The van der Waals surface area contributed by atoms with Gasteiger partial charge in [-0.1, -0.05) is 41.9 Å². The Balaban J connectivity index is 1.71. The molecule has 2 aromatic carbocycles. The molecule has 3 atom stereocenters. The zero-order valence-corrected chi connectivity index (χ0v) is 19.7. The molecule has 7 nitrogen and oxygen atoms in total. The molecule has 4 rings (SSSR count). The van der Waals surface area contributed by atoms with Gasteiger partial charge < -0.3 is 19.9 Å². The molecule has 2 heterocycles. The monoisotopic (exact) mass is 486 g/mol. The van der Waals surface area contributed by atoms with Gasteiger partial charge in [-0.15, -0.1) is 0 Å². The number of imidazole rings is 1. The van der Waals surface area contributed by atoms with Crippen LogP contribution in [0.2, 0.25) is 0 Å². The minimum atomic E-state index is -0.655. The average Bonchev–Trinajstić information content (AvgIpc) is 3.34. The third kappa shape index (κ3) is 4.01. The highest BCUT2D eigenvalue weighted by atomic mass is 79.9. The molecule has 1 aliphatic rings. The number of carbonyl (C=O) groups excluding carboxylic acids is 2. The molecule has 1 aliphatic heterocycles. The first kappa shape index (κ1) is 21.6. The number of aromatic nitrogens is 2. The lowest BCUT2D eigenvalue weighted by Gasteiger charge is -2.32. The maximum atomic E-state index is 13.5. The molecule has 1 unspecified atom stereocenters. The van der Waals surface area contributed by atoms with Gasteiger partial charge in [-0.25, -0.2) is 9.78 Å². The fourth-order valence-corrected chi connectivity index (χ4v) is 4.81. The summed E-state index contributed by atoms with van der Waals surface area (Å²) >= 11 is 3.52. The molecule has 0 spiro atoms. The predicted molar refractivity (Wildman–Crippen MR) is 124 cm³/mol. The van der Waals surface area contributed by atoms with Gasteiger partial charge >= 0.3 is 6.09 Å². The van der Waals surface area contributed by atoms with Gasteiger partial charge in [0.05, 0.1) is 24.2 Å². The fraction of sp³-hybridized carbons (Fsp3) is 0.435. The van der Waals surface area contributed by atoms with Crippen molar-refractivity contribution in [2.24, 2.45) is 5.92 Å². The van der Waals surface area contributed by atoms with Gasteiger partial charge in [0, 0.05) is 15.9 Å². The Kier molecular flexibility index (Phi) is 5.92. The Hall–Kier alpha value is -2.61. The topological polar surface area (TPSA) is 87.3 Å². The van der Waals surface area contributed by atoms with E-state index >= 15 is 0 Å². The molecule has 0 aliphatic carbocycles. The van der Waals surface area contributed by atoms with Crippen LogP contribution < -0.4 is 5.32 Å². The van der Waals surface area contributed by atoms with Crippen LogP contribution in [-0.4, -0.2) is 46.1 Å². The van der Waals surface area contributed by atoms with E-state index in [-0.39, 0.29) is 23.9 Å². The minimum Gasteiger partial charge on any atom is -0.453 e. The van der Waals surface area contributed by atoms with E-state index in [4.69, 9.17) is 9.72 Å². The summed E-state index contributed by atoms with van der Waals surface area (Å²) in [4.78, 5) is 35.6. The normalized spacial score (nSPS) is 19.9. The first-order valence-electron chi connectivity index (χ1n) is 10.5. The second-order valence-electron chi connectivity index (χ2n) is 8.49. The van der Waals surface area contributed by atoms with Crippen LogP contribution in [0.5, 0.6) is 0 Å². The molecule has 31 heavy (non-hydrogen) atoms. The molecule has 8 heteroatoms. The number of nitrogens with one attached hydrogen (secondary N) is 2. The van der Waals surface area contributed by atoms with Crippen molar-refractivity contribution in [3.8, 4) is 0 Å². The van der Waals surface area contributed by atoms with Crippen molar-refractivity contribution in [3.63, 3.8) is 0 Å². The zero-order chi connectivity index (χ0) is 22.3. The number of likely N-dealkylation sites (tertiary alicyclic amines) is 1. The summed E-state index contributed by atoms with van der Waals surface area (Å²) in [5.74, 6) is 0.603. The predicted octanol–water partition coefficient (Wildman–Crippen LogP) is 4.91. The maximum Gasteiger partial charge on any atom is 0.407 e. The number of hydrogen-bond donors (Lipinski definition) is 2. The van der Waals surface area contributed by atoms with E-state index in [1.807, 2.05) is 37.8 Å². The van der Waals surface area contributed by atoms with Gasteiger partial charge in [0.15, 0.2) is 0 Å². The van der Waals surface area contributed by atoms with Crippen molar-refractivity contribution in [1.82, 2.24) is 20.2 Å². The lowest BCUT2D eigenvalue weighted by Crippen LogP contribution is -2.52. The number of methoxy groups -OCH3 is 1. The quantitative estimate of drug-likeness (QED) is 0.548. The van der Waals surface area contributed by atoms with Gasteiger partial charge in [-0.2, -0.15) is 0 Å². The number of alkyl carbamates (subject to hydrolysis) is 1. The molecule has 0 saturated carbocycles. The Labute approximate surface area is 189 Å². The van der Waals surface area contributed by atoms with E-state index < -0.39 is 12.1 Å². The first-order chi connectivity index (χ1) is 14.8. The molecule has 1 aromatic heterocycles. The number of rotatable bonds is 4. The summed E-state index contributed by atoms with van der Waals surface area (Å²) in [6, 6.07) is 9.47. The van der Waals surface area contributed by atoms with Gasteiger partial charge in [-0.3, -0.25) is 4.79 Å². The lowest BCUT2D eigenvalue weighted by molar-refractivity contribution is -0.137. The Morgan fingerprint density at radius 2 is 2.03 bits per heavy atom. The van der Waals surface area contributed by atoms with Crippen molar-refractivity contribution in [3.05, 3.63) is 40.6 Å². The number of amides is 2. The number of benzene rings is 2. The summed E-state index contributed by atoms with van der Waals surface area (Å²) in [6.45, 7) is 5.88. The Morgan fingerprint density at radius 1 is 1.26 bits per heavy atom. The molecular formula is C23H27BrN4O3. The Morgan fingerprint density at radius 3 is 2.74 bits per heavy atom. The second kappa shape index (κ2) is 8.49. The molecule has 164 valence electrons. The van der Waals surface area contributed by atoms with E-state index in [1.54, 1.807) is 0 Å². The largest absolute Gasteiger partial charge is 0.453 e. The first-order valence-corrected chi connectivity index (χ1v) is 11.3. The highest BCUT2D eigenvalue weighted by Gasteiger charge is 2.41. The van der Waals surface area contributed by atoms with Crippen LogP contribution >= 0.6 is 15.9 Å². The molecule has 3 aromatic rings. The smallest absolute Gasteiger partial charge is 0.407 e. The van der Waals surface area contributed by atoms with Crippen molar-refractivity contribution >= 4 is 49.7 Å². The van der Waals surface area contributed by atoms with Crippen molar-refractivity contribution in [2.45, 2.75) is 51.7 Å². The molecule has 2 N–H and O–H groups in total. The van der Waals surface area contributed by atoms with Crippen molar-refractivity contribution in [2.75, 3.05) is 7.11 Å². The third-order valence-corrected chi connectivity index (χ3v) is 6.57. The molecular weight excluding hydrogens is 460 g/mol. The number of halogens is 1. The molecule has 1 fully saturated rings. The fourth-order valence-electron chi connectivity index (χ4n) is 4.43. The van der Waals surface area contributed by atoms with Gasteiger partial charge in [0.2, 0.25) is 5.91 Å². The number of ether oxygens (including phenoxy) is 1. The summed E-state index contributed by atoms with van der Waals surface area (Å²) < 4.78 is 5.75. The highest BCUT2D eigenvalue weighted by Crippen LogP contribution is 2.37. The lowest BCUT2D eigenvalue weighted by atomic mass is 10.0. The number of hydrogen-bond acceptors (Lipinski definition) is 4. The van der Waals surface area contributed by atoms with Crippen molar-refractivity contribution < 1.29 is 14.3 Å². The molecule has 0 radical (unpaired) electrons. The van der Waals surface area contributed by atoms with Crippen LogP contribution in [0.4, 0.5) is 4.79 Å². The van der Waals surface area contributed by atoms with Gasteiger partial charge in [0.25, 0.3) is 0 Å². The number of fused-ring (bicyclic) bond motifs is 3. The molecule has 2 amide bonds. The summed E-state index contributed by atoms with van der Waals surface area (Å²) in [6.07, 6.45) is 1.10. The van der Waals surface area contributed by atoms with E-state index in [2.05, 4.69) is 44.4 Å².